The number of carbonyl (C=O) groups is 1. The highest BCUT2D eigenvalue weighted by Crippen LogP contribution is 2.12. The number of hydrogen-bond donors (Lipinski definition) is 1. The maximum Gasteiger partial charge on any atom is 0.191 e. The van der Waals surface area contributed by atoms with E-state index in [0.717, 1.165) is 17.0 Å². The summed E-state index contributed by atoms with van der Waals surface area (Å²) in [5, 5.41) is 17.1. The van der Waals surface area contributed by atoms with E-state index in [9.17, 15) is 4.79 Å². The van der Waals surface area contributed by atoms with Gasteiger partial charge in [0.1, 0.15) is 0 Å². The molecule has 0 aliphatic heterocycles. The second-order valence-corrected chi connectivity index (χ2v) is 3.44. The summed E-state index contributed by atoms with van der Waals surface area (Å²) in [7, 11) is 0. The van der Waals surface area contributed by atoms with Crippen LogP contribution in [-0.2, 0) is 11.2 Å². The molecule has 0 aliphatic carbocycles. The second-order valence-electron chi connectivity index (χ2n) is 3.44. The monoisotopic (exact) mass is 201 g/mol. The third-order valence-electron chi connectivity index (χ3n) is 2.20. The van der Waals surface area contributed by atoms with Gasteiger partial charge in [0.05, 0.1) is 12.1 Å². The summed E-state index contributed by atoms with van der Waals surface area (Å²) in [6.45, 7) is 3.76. The lowest BCUT2D eigenvalue weighted by atomic mass is 10.0. The van der Waals surface area contributed by atoms with Gasteiger partial charge >= 0.3 is 0 Å². The second kappa shape index (κ2) is 4.43. The van der Waals surface area contributed by atoms with Crippen molar-refractivity contribution in [1.29, 1.82) is 10.5 Å². The van der Waals surface area contributed by atoms with Crippen molar-refractivity contribution in [2.45, 2.75) is 20.3 Å². The fourth-order valence-corrected chi connectivity index (χ4v) is 1.43. The molecule has 0 saturated heterocycles. The molecule has 0 spiro atoms. The zero-order valence-corrected chi connectivity index (χ0v) is 8.66. The summed E-state index contributed by atoms with van der Waals surface area (Å²) in [6.07, 6.45) is 0.141. The molecule has 1 aromatic rings. The van der Waals surface area contributed by atoms with Gasteiger partial charge in [0, 0.05) is 17.8 Å². The van der Waals surface area contributed by atoms with Crippen molar-refractivity contribution < 1.29 is 4.79 Å². The van der Waals surface area contributed by atoms with Crippen LogP contribution in [0, 0.1) is 42.4 Å². The van der Waals surface area contributed by atoms with Crippen LogP contribution in [0.2, 0.25) is 0 Å². The van der Waals surface area contributed by atoms with Crippen molar-refractivity contribution >= 4 is 5.78 Å². The number of carbonyl (C=O) groups excluding carboxylic acids is 1. The first-order valence-electron chi connectivity index (χ1n) is 4.55. The summed E-state index contributed by atoms with van der Waals surface area (Å²) >= 11 is 0. The Morgan fingerprint density at radius 1 is 1.47 bits per heavy atom. The summed E-state index contributed by atoms with van der Waals surface area (Å²) in [4.78, 5) is 14.5. The first-order chi connectivity index (χ1) is 7.08. The zero-order chi connectivity index (χ0) is 11.4. The molecule has 0 unspecified atom stereocenters. The minimum absolute atomic E-state index is 0.141. The van der Waals surface area contributed by atoms with Gasteiger partial charge in [-0.05, 0) is 25.5 Å². The SMILES string of the molecule is Cc1cc(CC(=O)C(C#N)C#N)c(C)[nH]1. The van der Waals surface area contributed by atoms with Crippen LogP contribution in [0.3, 0.4) is 0 Å². The van der Waals surface area contributed by atoms with E-state index >= 15 is 0 Å². The van der Waals surface area contributed by atoms with E-state index in [1.807, 2.05) is 19.9 Å². The number of rotatable bonds is 3. The first-order valence-corrected chi connectivity index (χ1v) is 4.55. The van der Waals surface area contributed by atoms with Crippen LogP contribution in [0.4, 0.5) is 0 Å². The highest BCUT2D eigenvalue weighted by atomic mass is 16.1. The Kier molecular flexibility index (Phi) is 3.25. The maximum absolute atomic E-state index is 11.5. The normalized spacial score (nSPS) is 9.67. The molecule has 0 atom stereocenters. The van der Waals surface area contributed by atoms with Gasteiger partial charge in [-0.15, -0.1) is 0 Å². The van der Waals surface area contributed by atoms with Crippen LogP contribution in [-0.4, -0.2) is 10.8 Å². The number of hydrogen-bond acceptors (Lipinski definition) is 3. The quantitative estimate of drug-likeness (QED) is 0.802. The number of aryl methyl sites for hydroxylation is 2. The van der Waals surface area contributed by atoms with Gasteiger partial charge in [-0.2, -0.15) is 10.5 Å². The lowest BCUT2D eigenvalue weighted by Crippen LogP contribution is -2.13. The summed E-state index contributed by atoms with van der Waals surface area (Å²) < 4.78 is 0. The van der Waals surface area contributed by atoms with E-state index in [2.05, 4.69) is 4.98 Å². The van der Waals surface area contributed by atoms with E-state index in [4.69, 9.17) is 10.5 Å². The fourth-order valence-electron chi connectivity index (χ4n) is 1.43. The van der Waals surface area contributed by atoms with Crippen LogP contribution in [0.1, 0.15) is 17.0 Å². The van der Waals surface area contributed by atoms with Gasteiger partial charge in [-0.3, -0.25) is 4.79 Å². The Balaban J connectivity index is 2.80. The molecule has 4 nitrogen and oxygen atoms in total. The van der Waals surface area contributed by atoms with Gasteiger partial charge in [-0.25, -0.2) is 0 Å². The number of nitrogens with one attached hydrogen (secondary N) is 1. The minimum atomic E-state index is -1.15. The van der Waals surface area contributed by atoms with Crippen molar-refractivity contribution in [2.75, 3.05) is 0 Å². The Bertz CT molecular complexity index is 445. The smallest absolute Gasteiger partial charge is 0.191 e. The summed E-state index contributed by atoms with van der Waals surface area (Å²) in [5.74, 6) is -1.50. The van der Waals surface area contributed by atoms with Crippen molar-refractivity contribution in [3.63, 3.8) is 0 Å². The highest BCUT2D eigenvalue weighted by molar-refractivity contribution is 5.87. The van der Waals surface area contributed by atoms with E-state index in [0.29, 0.717) is 0 Å². The third kappa shape index (κ3) is 2.45. The predicted molar refractivity (Wildman–Crippen MR) is 53.7 cm³/mol. The molecule has 0 saturated carbocycles. The predicted octanol–water partition coefficient (Wildman–Crippen LogP) is 1.41. The van der Waals surface area contributed by atoms with E-state index < -0.39 is 5.92 Å². The highest BCUT2D eigenvalue weighted by Gasteiger charge is 2.18. The molecule has 1 N–H and O–H groups in total. The van der Waals surface area contributed by atoms with Crippen molar-refractivity contribution in [2.24, 2.45) is 5.92 Å². The summed E-state index contributed by atoms with van der Waals surface area (Å²) in [6, 6.07) is 5.21. The number of aromatic amines is 1. The Labute approximate surface area is 88.1 Å². The molecule has 1 heterocycles. The number of nitrogens with zero attached hydrogens (tertiary/aromatic N) is 2. The maximum atomic E-state index is 11.5. The number of H-pyrrole nitrogens is 1. The number of ketones is 1. The molecule has 4 heteroatoms. The van der Waals surface area contributed by atoms with E-state index in [-0.39, 0.29) is 12.2 Å². The van der Waals surface area contributed by atoms with Crippen molar-refractivity contribution in [1.82, 2.24) is 4.98 Å². The van der Waals surface area contributed by atoms with Crippen LogP contribution in [0.5, 0.6) is 0 Å². The summed E-state index contributed by atoms with van der Waals surface area (Å²) in [5.41, 5.74) is 2.74. The number of aromatic nitrogens is 1. The Hall–Kier alpha value is -2.07. The van der Waals surface area contributed by atoms with Gasteiger partial charge in [0.15, 0.2) is 11.7 Å². The average Bonchev–Trinajstić information content (AvgIpc) is 2.47. The number of Topliss-reactive ketones (excluding diaryl/α,β-unsaturated/α-hetero) is 1. The molecule has 0 fully saturated rings. The van der Waals surface area contributed by atoms with Gasteiger partial charge in [0.25, 0.3) is 0 Å². The third-order valence-corrected chi connectivity index (χ3v) is 2.20. The molecular formula is C11H11N3O. The van der Waals surface area contributed by atoms with Gasteiger partial charge in [-0.1, -0.05) is 0 Å². The van der Waals surface area contributed by atoms with Gasteiger partial charge in [0.2, 0.25) is 0 Å². The molecule has 0 aliphatic rings. The Morgan fingerprint density at radius 3 is 2.47 bits per heavy atom. The lowest BCUT2D eigenvalue weighted by Gasteiger charge is -1.99. The molecule has 0 bridgehead atoms. The van der Waals surface area contributed by atoms with E-state index in [1.54, 1.807) is 12.1 Å². The van der Waals surface area contributed by atoms with E-state index in [1.165, 1.54) is 0 Å². The molecule has 1 rings (SSSR count). The Morgan fingerprint density at radius 2 is 2.07 bits per heavy atom. The first kappa shape index (κ1) is 11.0. The van der Waals surface area contributed by atoms with Crippen LogP contribution in [0.25, 0.3) is 0 Å². The minimum Gasteiger partial charge on any atom is -0.362 e. The standard InChI is InChI=1S/C11H11N3O/c1-7-3-9(8(2)14-7)4-11(15)10(5-12)6-13/h3,10,14H,4H2,1-2H3. The van der Waals surface area contributed by atoms with Crippen molar-refractivity contribution in [3.05, 3.63) is 23.0 Å². The van der Waals surface area contributed by atoms with Crippen LogP contribution >= 0.6 is 0 Å². The molecule has 76 valence electrons. The molecular weight excluding hydrogens is 190 g/mol. The lowest BCUT2D eigenvalue weighted by molar-refractivity contribution is -0.119. The number of nitriles is 2. The van der Waals surface area contributed by atoms with Crippen molar-refractivity contribution in [3.8, 4) is 12.1 Å². The van der Waals surface area contributed by atoms with Gasteiger partial charge < -0.3 is 4.98 Å². The molecule has 0 radical (unpaired) electrons. The van der Waals surface area contributed by atoms with Crippen LogP contribution < -0.4 is 0 Å². The largest absolute Gasteiger partial charge is 0.362 e. The average molecular weight is 201 g/mol. The molecule has 15 heavy (non-hydrogen) atoms. The topological polar surface area (TPSA) is 80.4 Å². The molecule has 1 aromatic heterocycles. The molecule has 0 amide bonds. The van der Waals surface area contributed by atoms with Crippen LogP contribution in [0.15, 0.2) is 6.07 Å². The fraction of sp³-hybridized carbons (Fsp3) is 0.364. The molecule has 0 aromatic carbocycles. The zero-order valence-electron chi connectivity index (χ0n) is 8.66.